The molecule has 1 heterocycles. The SMILES string of the molecule is Cc1ccnc(C(=O)c2ccc(Cl)cc2F)c1. The molecule has 0 radical (unpaired) electrons. The molecule has 17 heavy (non-hydrogen) atoms. The van der Waals surface area contributed by atoms with Crippen molar-refractivity contribution in [3.63, 3.8) is 0 Å². The van der Waals surface area contributed by atoms with Gasteiger partial charge in [0.15, 0.2) is 0 Å². The van der Waals surface area contributed by atoms with Crippen LogP contribution in [0.3, 0.4) is 0 Å². The van der Waals surface area contributed by atoms with Crippen molar-refractivity contribution in [1.82, 2.24) is 4.98 Å². The number of aromatic nitrogens is 1. The zero-order valence-electron chi connectivity index (χ0n) is 9.08. The van der Waals surface area contributed by atoms with E-state index in [0.717, 1.165) is 11.6 Å². The van der Waals surface area contributed by atoms with Crippen molar-refractivity contribution in [2.24, 2.45) is 0 Å². The molecule has 0 saturated carbocycles. The average Bonchev–Trinajstić information content (AvgIpc) is 2.28. The number of carbonyl (C=O) groups is 1. The summed E-state index contributed by atoms with van der Waals surface area (Å²) in [6.45, 7) is 1.84. The molecule has 0 unspecified atom stereocenters. The predicted octanol–water partition coefficient (Wildman–Crippen LogP) is 3.41. The van der Waals surface area contributed by atoms with Crippen LogP contribution in [0.2, 0.25) is 5.02 Å². The molecule has 2 rings (SSSR count). The van der Waals surface area contributed by atoms with Crippen molar-refractivity contribution in [2.45, 2.75) is 6.92 Å². The maximum Gasteiger partial charge on any atom is 0.214 e. The topological polar surface area (TPSA) is 30.0 Å². The lowest BCUT2D eigenvalue weighted by atomic mass is 10.1. The Morgan fingerprint density at radius 3 is 2.71 bits per heavy atom. The minimum atomic E-state index is -0.634. The van der Waals surface area contributed by atoms with Gasteiger partial charge in [-0.05, 0) is 42.8 Å². The van der Waals surface area contributed by atoms with E-state index in [0.29, 0.717) is 0 Å². The van der Waals surface area contributed by atoms with E-state index in [1.165, 1.54) is 18.3 Å². The minimum absolute atomic E-state index is 0.0208. The van der Waals surface area contributed by atoms with Gasteiger partial charge in [-0.2, -0.15) is 0 Å². The van der Waals surface area contributed by atoms with E-state index in [2.05, 4.69) is 4.98 Å². The second-order valence-electron chi connectivity index (χ2n) is 3.67. The van der Waals surface area contributed by atoms with E-state index in [9.17, 15) is 9.18 Å². The number of aryl methyl sites for hydroxylation is 1. The van der Waals surface area contributed by atoms with Gasteiger partial charge in [0.1, 0.15) is 11.5 Å². The standard InChI is InChI=1S/C13H9ClFNO/c1-8-4-5-16-12(6-8)13(17)10-3-2-9(14)7-11(10)15/h2-7H,1H3. The molecule has 1 aromatic heterocycles. The molecule has 1 aromatic carbocycles. The number of hydrogen-bond acceptors (Lipinski definition) is 2. The van der Waals surface area contributed by atoms with Gasteiger partial charge >= 0.3 is 0 Å². The summed E-state index contributed by atoms with van der Waals surface area (Å²) in [4.78, 5) is 15.9. The molecule has 0 spiro atoms. The summed E-state index contributed by atoms with van der Waals surface area (Å²) < 4.78 is 13.6. The lowest BCUT2D eigenvalue weighted by Crippen LogP contribution is -2.06. The van der Waals surface area contributed by atoms with Crippen LogP contribution in [0.25, 0.3) is 0 Å². The highest BCUT2D eigenvalue weighted by Crippen LogP contribution is 2.17. The van der Waals surface area contributed by atoms with Crippen LogP contribution in [0, 0.1) is 12.7 Å². The summed E-state index contributed by atoms with van der Waals surface area (Å²) >= 11 is 5.63. The lowest BCUT2D eigenvalue weighted by Gasteiger charge is -2.03. The third kappa shape index (κ3) is 2.50. The first-order valence-corrected chi connectivity index (χ1v) is 5.38. The second-order valence-corrected chi connectivity index (χ2v) is 4.11. The van der Waals surface area contributed by atoms with Gasteiger partial charge in [-0.1, -0.05) is 11.6 Å². The van der Waals surface area contributed by atoms with Crippen molar-refractivity contribution < 1.29 is 9.18 Å². The Morgan fingerprint density at radius 1 is 1.29 bits per heavy atom. The van der Waals surface area contributed by atoms with Crippen LogP contribution in [-0.2, 0) is 0 Å². The van der Waals surface area contributed by atoms with Gasteiger partial charge < -0.3 is 0 Å². The molecule has 4 heteroatoms. The van der Waals surface area contributed by atoms with Crippen molar-refractivity contribution in [1.29, 1.82) is 0 Å². The summed E-state index contributed by atoms with van der Waals surface area (Å²) in [7, 11) is 0. The van der Waals surface area contributed by atoms with Crippen LogP contribution in [0.1, 0.15) is 21.6 Å². The summed E-state index contributed by atoms with van der Waals surface area (Å²) in [6, 6.07) is 7.35. The van der Waals surface area contributed by atoms with Crippen LogP contribution >= 0.6 is 11.6 Å². The lowest BCUT2D eigenvalue weighted by molar-refractivity contribution is 0.103. The number of benzene rings is 1. The molecule has 0 fully saturated rings. The van der Waals surface area contributed by atoms with Crippen LogP contribution in [0.15, 0.2) is 36.5 Å². The third-order valence-electron chi connectivity index (χ3n) is 2.32. The second kappa shape index (κ2) is 4.63. The maximum atomic E-state index is 13.6. The Morgan fingerprint density at radius 2 is 2.06 bits per heavy atom. The fourth-order valence-corrected chi connectivity index (χ4v) is 1.63. The van der Waals surface area contributed by atoms with Gasteiger partial charge in [0.25, 0.3) is 0 Å². The van der Waals surface area contributed by atoms with Crippen molar-refractivity contribution in [3.05, 3.63) is 64.2 Å². The third-order valence-corrected chi connectivity index (χ3v) is 2.56. The first kappa shape index (κ1) is 11.7. The molecular formula is C13H9ClFNO. The molecule has 0 atom stereocenters. The maximum absolute atomic E-state index is 13.6. The monoisotopic (exact) mass is 249 g/mol. The van der Waals surface area contributed by atoms with E-state index in [1.807, 2.05) is 6.92 Å². The number of pyridine rings is 1. The summed E-state index contributed by atoms with van der Waals surface area (Å²) in [6.07, 6.45) is 1.52. The fraction of sp³-hybridized carbons (Fsp3) is 0.0769. The predicted molar refractivity (Wildman–Crippen MR) is 63.8 cm³/mol. The zero-order chi connectivity index (χ0) is 12.4. The molecule has 0 aliphatic rings. The quantitative estimate of drug-likeness (QED) is 0.764. The molecule has 2 nitrogen and oxygen atoms in total. The van der Waals surface area contributed by atoms with E-state index in [1.54, 1.807) is 12.1 Å². The van der Waals surface area contributed by atoms with Gasteiger partial charge in [0, 0.05) is 11.2 Å². The van der Waals surface area contributed by atoms with Gasteiger partial charge in [0.2, 0.25) is 5.78 Å². The molecule has 2 aromatic rings. The highest BCUT2D eigenvalue weighted by Gasteiger charge is 2.15. The number of carbonyl (C=O) groups excluding carboxylic acids is 1. The van der Waals surface area contributed by atoms with E-state index >= 15 is 0 Å². The number of hydrogen-bond donors (Lipinski definition) is 0. The summed E-state index contributed by atoms with van der Waals surface area (Å²) in [5.74, 6) is -1.08. The van der Waals surface area contributed by atoms with Gasteiger partial charge in [-0.15, -0.1) is 0 Å². The highest BCUT2D eigenvalue weighted by atomic mass is 35.5. The Balaban J connectivity index is 2.44. The Bertz CT molecular complexity index is 583. The molecule has 0 N–H and O–H groups in total. The average molecular weight is 250 g/mol. The first-order valence-electron chi connectivity index (χ1n) is 5.00. The number of nitrogens with zero attached hydrogens (tertiary/aromatic N) is 1. The molecule has 0 amide bonds. The van der Waals surface area contributed by atoms with E-state index in [-0.39, 0.29) is 16.3 Å². The van der Waals surface area contributed by atoms with Crippen LogP contribution in [0.5, 0.6) is 0 Å². The smallest absolute Gasteiger partial charge is 0.214 e. The summed E-state index contributed by atoms with van der Waals surface area (Å²) in [5.41, 5.74) is 1.11. The van der Waals surface area contributed by atoms with Crippen LogP contribution < -0.4 is 0 Å². The molecule has 0 saturated heterocycles. The van der Waals surface area contributed by atoms with Crippen molar-refractivity contribution >= 4 is 17.4 Å². The molecular weight excluding hydrogens is 241 g/mol. The number of rotatable bonds is 2. The Kier molecular flexibility index (Phi) is 3.20. The largest absolute Gasteiger partial charge is 0.287 e. The Hall–Kier alpha value is -1.74. The molecule has 0 aliphatic heterocycles. The van der Waals surface area contributed by atoms with Gasteiger partial charge in [-0.3, -0.25) is 9.78 Å². The molecule has 0 aliphatic carbocycles. The normalized spacial score (nSPS) is 10.3. The Labute approximate surface area is 103 Å². The van der Waals surface area contributed by atoms with Gasteiger partial charge in [0.05, 0.1) is 5.56 Å². The van der Waals surface area contributed by atoms with Crippen LogP contribution in [0.4, 0.5) is 4.39 Å². The minimum Gasteiger partial charge on any atom is -0.287 e. The number of ketones is 1. The fourth-order valence-electron chi connectivity index (χ4n) is 1.47. The molecule has 0 bridgehead atoms. The first-order chi connectivity index (χ1) is 8.08. The zero-order valence-corrected chi connectivity index (χ0v) is 9.83. The van der Waals surface area contributed by atoms with Crippen molar-refractivity contribution in [3.8, 4) is 0 Å². The molecule has 86 valence electrons. The van der Waals surface area contributed by atoms with E-state index < -0.39 is 11.6 Å². The van der Waals surface area contributed by atoms with Crippen LogP contribution in [-0.4, -0.2) is 10.8 Å². The van der Waals surface area contributed by atoms with E-state index in [4.69, 9.17) is 11.6 Å². The summed E-state index contributed by atoms with van der Waals surface area (Å²) in [5, 5.41) is 0.260. The number of halogens is 2. The van der Waals surface area contributed by atoms with Gasteiger partial charge in [-0.25, -0.2) is 4.39 Å². The van der Waals surface area contributed by atoms with Crippen molar-refractivity contribution in [2.75, 3.05) is 0 Å². The highest BCUT2D eigenvalue weighted by molar-refractivity contribution is 6.30.